The number of nitrogens with one attached hydrogen (secondary N) is 1. The monoisotopic (exact) mass is 344 g/mol. The zero-order valence-corrected chi connectivity index (χ0v) is 15.7. The maximum atomic E-state index is 12.3. The van der Waals surface area contributed by atoms with Crippen molar-refractivity contribution in [2.45, 2.75) is 51.5 Å². The normalized spacial score (nSPS) is 22.8. The highest BCUT2D eigenvalue weighted by Gasteiger charge is 2.19. The molecule has 0 radical (unpaired) electrons. The zero-order chi connectivity index (χ0) is 17.6. The number of carbonyl (C=O) groups is 1. The first-order valence-corrected chi connectivity index (χ1v) is 9.83. The quantitative estimate of drug-likeness (QED) is 0.892. The number of carbonyl (C=O) groups excluding carboxylic acids is 1. The number of amides is 1. The standard InChI is InChI=1S/C20H32N4O/c1-16-9-13-24(14-10-16)19-7-6-17(15-22-19)20(25)21-11-8-18-5-3-4-12-23(18)2/h6-7,15-16,18H,3-5,8-14H2,1-2H3,(H,21,25)/t18-/m0/s1. The van der Waals surface area contributed by atoms with Crippen molar-refractivity contribution in [3.63, 3.8) is 0 Å². The van der Waals surface area contributed by atoms with E-state index in [4.69, 9.17) is 0 Å². The lowest BCUT2D eigenvalue weighted by molar-refractivity contribution is 0.0945. The molecule has 2 fully saturated rings. The third-order valence-electron chi connectivity index (χ3n) is 5.80. The van der Waals surface area contributed by atoms with Gasteiger partial charge in [-0.15, -0.1) is 0 Å². The van der Waals surface area contributed by atoms with Crippen LogP contribution in [0.15, 0.2) is 18.3 Å². The number of hydrogen-bond acceptors (Lipinski definition) is 4. The van der Waals surface area contributed by atoms with Crippen molar-refractivity contribution in [2.24, 2.45) is 5.92 Å². The second kappa shape index (κ2) is 8.65. The summed E-state index contributed by atoms with van der Waals surface area (Å²) in [5.74, 6) is 1.79. The predicted molar refractivity (Wildman–Crippen MR) is 102 cm³/mol. The lowest BCUT2D eigenvalue weighted by atomic mass is 9.99. The number of nitrogens with zero attached hydrogens (tertiary/aromatic N) is 3. The number of pyridine rings is 1. The third-order valence-corrected chi connectivity index (χ3v) is 5.80. The first-order valence-electron chi connectivity index (χ1n) is 9.83. The summed E-state index contributed by atoms with van der Waals surface area (Å²) in [6.07, 6.45) is 9.04. The largest absolute Gasteiger partial charge is 0.357 e. The first-order chi connectivity index (χ1) is 12.1. The molecule has 1 N–H and O–H groups in total. The summed E-state index contributed by atoms with van der Waals surface area (Å²) in [5.41, 5.74) is 0.658. The van der Waals surface area contributed by atoms with Crippen LogP contribution in [0.25, 0.3) is 0 Å². The number of anilines is 1. The molecular formula is C20H32N4O. The molecule has 0 saturated carbocycles. The van der Waals surface area contributed by atoms with Crippen molar-refractivity contribution in [1.29, 1.82) is 0 Å². The van der Waals surface area contributed by atoms with Crippen LogP contribution in [0.2, 0.25) is 0 Å². The zero-order valence-electron chi connectivity index (χ0n) is 15.7. The smallest absolute Gasteiger partial charge is 0.252 e. The van der Waals surface area contributed by atoms with E-state index in [0.29, 0.717) is 11.6 Å². The lowest BCUT2D eigenvalue weighted by Crippen LogP contribution is -2.39. The van der Waals surface area contributed by atoms with E-state index in [2.05, 4.69) is 34.1 Å². The maximum absolute atomic E-state index is 12.3. The molecule has 3 heterocycles. The van der Waals surface area contributed by atoms with Gasteiger partial charge in [-0.1, -0.05) is 13.3 Å². The molecule has 0 spiro atoms. The molecule has 1 aromatic heterocycles. The van der Waals surface area contributed by atoms with Crippen LogP contribution >= 0.6 is 0 Å². The molecular weight excluding hydrogens is 312 g/mol. The van der Waals surface area contributed by atoms with Crippen molar-refractivity contribution >= 4 is 11.7 Å². The topological polar surface area (TPSA) is 48.5 Å². The molecule has 138 valence electrons. The second-order valence-electron chi connectivity index (χ2n) is 7.75. The minimum atomic E-state index is -0.00946. The molecule has 2 aliphatic heterocycles. The minimum absolute atomic E-state index is 0.00946. The van der Waals surface area contributed by atoms with Crippen molar-refractivity contribution in [3.05, 3.63) is 23.9 Å². The summed E-state index contributed by atoms with van der Waals surface area (Å²) < 4.78 is 0. The van der Waals surface area contributed by atoms with E-state index in [0.717, 1.165) is 37.8 Å². The molecule has 0 bridgehead atoms. The Hall–Kier alpha value is -1.62. The summed E-state index contributed by atoms with van der Waals surface area (Å²) in [6, 6.07) is 4.50. The van der Waals surface area contributed by atoms with Gasteiger partial charge < -0.3 is 15.1 Å². The van der Waals surface area contributed by atoms with Gasteiger partial charge in [0.1, 0.15) is 5.82 Å². The molecule has 0 aliphatic carbocycles. The van der Waals surface area contributed by atoms with Crippen LogP contribution in [-0.4, -0.2) is 55.1 Å². The molecule has 2 aliphatic rings. The summed E-state index contributed by atoms with van der Waals surface area (Å²) >= 11 is 0. The van der Waals surface area contributed by atoms with Crippen molar-refractivity contribution in [2.75, 3.05) is 38.1 Å². The average molecular weight is 345 g/mol. The Morgan fingerprint density at radius 1 is 1.20 bits per heavy atom. The van der Waals surface area contributed by atoms with Crippen LogP contribution in [0.3, 0.4) is 0 Å². The van der Waals surface area contributed by atoms with E-state index in [1.54, 1.807) is 6.20 Å². The maximum Gasteiger partial charge on any atom is 0.252 e. The number of rotatable bonds is 5. The van der Waals surface area contributed by atoms with Crippen LogP contribution in [-0.2, 0) is 0 Å². The average Bonchev–Trinajstić information content (AvgIpc) is 2.64. The van der Waals surface area contributed by atoms with Gasteiger partial charge in [0.25, 0.3) is 5.91 Å². The molecule has 1 atom stereocenters. The van der Waals surface area contributed by atoms with Crippen molar-refractivity contribution < 1.29 is 4.79 Å². The molecule has 3 rings (SSSR count). The predicted octanol–water partition coefficient (Wildman–Crippen LogP) is 2.92. The third kappa shape index (κ3) is 4.94. The van der Waals surface area contributed by atoms with E-state index in [9.17, 15) is 4.79 Å². The van der Waals surface area contributed by atoms with Crippen LogP contribution in [0.4, 0.5) is 5.82 Å². The van der Waals surface area contributed by atoms with Crippen LogP contribution < -0.4 is 10.2 Å². The van der Waals surface area contributed by atoms with Crippen LogP contribution in [0.1, 0.15) is 55.8 Å². The van der Waals surface area contributed by atoms with Gasteiger partial charge >= 0.3 is 0 Å². The van der Waals surface area contributed by atoms with Crippen LogP contribution in [0, 0.1) is 5.92 Å². The van der Waals surface area contributed by atoms with E-state index >= 15 is 0 Å². The summed E-state index contributed by atoms with van der Waals surface area (Å²) in [7, 11) is 2.19. The highest BCUT2D eigenvalue weighted by atomic mass is 16.1. The summed E-state index contributed by atoms with van der Waals surface area (Å²) in [5, 5.41) is 3.05. The Morgan fingerprint density at radius 2 is 2.00 bits per heavy atom. The van der Waals surface area contributed by atoms with Crippen molar-refractivity contribution in [3.8, 4) is 0 Å². The second-order valence-corrected chi connectivity index (χ2v) is 7.75. The Kier molecular flexibility index (Phi) is 6.29. The molecule has 1 amide bonds. The van der Waals surface area contributed by atoms with E-state index in [-0.39, 0.29) is 5.91 Å². The summed E-state index contributed by atoms with van der Waals surface area (Å²) in [6.45, 7) is 6.35. The molecule has 2 saturated heterocycles. The van der Waals surface area contributed by atoms with Gasteiger partial charge in [-0.3, -0.25) is 4.79 Å². The van der Waals surface area contributed by atoms with Crippen molar-refractivity contribution in [1.82, 2.24) is 15.2 Å². The highest BCUT2D eigenvalue weighted by molar-refractivity contribution is 5.94. The molecule has 1 aromatic rings. The molecule has 0 aromatic carbocycles. The van der Waals surface area contributed by atoms with Gasteiger partial charge in [0.2, 0.25) is 0 Å². The number of hydrogen-bond donors (Lipinski definition) is 1. The SMILES string of the molecule is CC1CCN(c2ccc(C(=O)NCC[C@@H]3CCCCN3C)cn2)CC1. The fourth-order valence-electron chi connectivity index (χ4n) is 3.91. The van der Waals surface area contributed by atoms with Gasteiger partial charge in [-0.2, -0.15) is 0 Å². The fraction of sp³-hybridized carbons (Fsp3) is 0.700. The van der Waals surface area contributed by atoms with Crippen LogP contribution in [0.5, 0.6) is 0 Å². The Bertz CT molecular complexity index is 551. The van der Waals surface area contributed by atoms with Gasteiger partial charge in [0.15, 0.2) is 0 Å². The number of aromatic nitrogens is 1. The Morgan fingerprint density at radius 3 is 2.68 bits per heavy atom. The number of piperidine rings is 2. The first kappa shape index (κ1) is 18.2. The Balaban J connectivity index is 1.46. The van der Waals surface area contributed by atoms with E-state index in [1.807, 2.05) is 12.1 Å². The molecule has 5 nitrogen and oxygen atoms in total. The van der Waals surface area contributed by atoms with Gasteiger partial charge in [0, 0.05) is 31.9 Å². The van der Waals surface area contributed by atoms with E-state index in [1.165, 1.54) is 38.6 Å². The van der Waals surface area contributed by atoms with E-state index < -0.39 is 0 Å². The van der Waals surface area contributed by atoms with Gasteiger partial charge in [0.05, 0.1) is 5.56 Å². The van der Waals surface area contributed by atoms with Gasteiger partial charge in [-0.05, 0) is 63.7 Å². The summed E-state index contributed by atoms with van der Waals surface area (Å²) in [4.78, 5) is 21.6. The Labute approximate surface area is 151 Å². The molecule has 5 heteroatoms. The minimum Gasteiger partial charge on any atom is -0.357 e. The highest BCUT2D eigenvalue weighted by Crippen LogP contribution is 2.21. The lowest BCUT2D eigenvalue weighted by Gasteiger charge is -2.32. The number of likely N-dealkylation sites (tertiary alicyclic amines) is 1. The molecule has 0 unspecified atom stereocenters. The van der Waals surface area contributed by atoms with Gasteiger partial charge in [-0.25, -0.2) is 4.98 Å². The fourth-order valence-corrected chi connectivity index (χ4v) is 3.91. The molecule has 25 heavy (non-hydrogen) atoms.